The second kappa shape index (κ2) is 5.55. The number of aliphatic hydroxyl groups is 1. The summed E-state index contributed by atoms with van der Waals surface area (Å²) in [5.74, 6) is 0. The van der Waals surface area contributed by atoms with Gasteiger partial charge in [-0.2, -0.15) is 0 Å². The van der Waals surface area contributed by atoms with Crippen molar-refractivity contribution in [1.82, 2.24) is 4.90 Å². The van der Waals surface area contributed by atoms with Crippen LogP contribution in [0.15, 0.2) is 0 Å². The van der Waals surface area contributed by atoms with E-state index in [1.807, 2.05) is 0 Å². The fraction of sp³-hybridized carbons (Fsp3) is 1.00. The van der Waals surface area contributed by atoms with Crippen LogP contribution in [0.5, 0.6) is 0 Å². The fourth-order valence-corrected chi connectivity index (χ4v) is 1.93. The van der Waals surface area contributed by atoms with Gasteiger partial charge in [0.25, 0.3) is 0 Å². The molecule has 12 heavy (non-hydrogen) atoms. The Kier molecular flexibility index (Phi) is 4.62. The third-order valence-electron chi connectivity index (χ3n) is 2.79. The van der Waals surface area contributed by atoms with Crippen molar-refractivity contribution < 1.29 is 5.11 Å². The van der Waals surface area contributed by atoms with Crippen LogP contribution in [-0.2, 0) is 0 Å². The summed E-state index contributed by atoms with van der Waals surface area (Å²) in [6.45, 7) is 5.17. The lowest BCUT2D eigenvalue weighted by atomic mass is 10.1. The lowest BCUT2D eigenvalue weighted by Gasteiger charge is -2.32. The summed E-state index contributed by atoms with van der Waals surface area (Å²) in [6.07, 6.45) is 6.24. The molecule has 1 aliphatic rings. The maximum absolute atomic E-state index is 8.69. The van der Waals surface area contributed by atoms with E-state index < -0.39 is 0 Å². The van der Waals surface area contributed by atoms with E-state index in [0.717, 1.165) is 12.8 Å². The predicted molar refractivity (Wildman–Crippen MR) is 51.2 cm³/mol. The topological polar surface area (TPSA) is 23.5 Å². The molecule has 1 saturated heterocycles. The third kappa shape index (κ3) is 3.11. The summed E-state index contributed by atoms with van der Waals surface area (Å²) in [5, 5.41) is 8.69. The van der Waals surface area contributed by atoms with E-state index in [1.54, 1.807) is 0 Å². The Balaban J connectivity index is 2.15. The van der Waals surface area contributed by atoms with Crippen molar-refractivity contribution in [1.29, 1.82) is 0 Å². The molecule has 1 aliphatic heterocycles. The molecule has 0 amide bonds. The fourth-order valence-electron chi connectivity index (χ4n) is 1.93. The molecular formula is C10H21NO. The minimum Gasteiger partial charge on any atom is -0.396 e. The number of hydrogen-bond donors (Lipinski definition) is 1. The van der Waals surface area contributed by atoms with Gasteiger partial charge in [0.2, 0.25) is 0 Å². The summed E-state index contributed by atoms with van der Waals surface area (Å²) < 4.78 is 0. The van der Waals surface area contributed by atoms with Gasteiger partial charge in [0.15, 0.2) is 0 Å². The van der Waals surface area contributed by atoms with E-state index >= 15 is 0 Å². The molecule has 0 aliphatic carbocycles. The molecule has 0 aromatic rings. The molecule has 1 heterocycles. The van der Waals surface area contributed by atoms with E-state index in [0.29, 0.717) is 12.6 Å². The minimum atomic E-state index is 0.345. The second-order valence-electron chi connectivity index (χ2n) is 3.81. The smallest absolute Gasteiger partial charge is 0.0431 e. The Hall–Kier alpha value is -0.0800. The molecule has 1 unspecified atom stereocenters. The molecule has 2 nitrogen and oxygen atoms in total. The highest BCUT2D eigenvalue weighted by Gasteiger charge is 2.15. The monoisotopic (exact) mass is 171 g/mol. The standard InChI is InChI=1S/C10H21NO/c1-10(6-5-9-12)11-7-3-2-4-8-11/h10,12H,2-9H2,1H3. The van der Waals surface area contributed by atoms with Gasteiger partial charge >= 0.3 is 0 Å². The van der Waals surface area contributed by atoms with Gasteiger partial charge in [-0.15, -0.1) is 0 Å². The summed E-state index contributed by atoms with van der Waals surface area (Å²) in [4.78, 5) is 2.55. The molecule has 1 N–H and O–H groups in total. The van der Waals surface area contributed by atoms with Crippen LogP contribution >= 0.6 is 0 Å². The van der Waals surface area contributed by atoms with Crippen LogP contribution in [-0.4, -0.2) is 35.7 Å². The van der Waals surface area contributed by atoms with Crippen molar-refractivity contribution in [2.24, 2.45) is 0 Å². The van der Waals surface area contributed by atoms with Crippen molar-refractivity contribution in [2.75, 3.05) is 19.7 Å². The Labute approximate surface area is 75.6 Å². The summed E-state index contributed by atoms with van der Waals surface area (Å²) in [7, 11) is 0. The second-order valence-corrected chi connectivity index (χ2v) is 3.81. The van der Waals surface area contributed by atoms with Crippen molar-refractivity contribution in [3.05, 3.63) is 0 Å². The number of nitrogens with zero attached hydrogens (tertiary/aromatic N) is 1. The predicted octanol–water partition coefficient (Wildman–Crippen LogP) is 1.63. The number of piperidine rings is 1. The highest BCUT2D eigenvalue weighted by Crippen LogP contribution is 2.14. The molecule has 0 aromatic carbocycles. The first-order valence-corrected chi connectivity index (χ1v) is 5.19. The van der Waals surface area contributed by atoms with E-state index in [-0.39, 0.29) is 0 Å². The molecule has 0 spiro atoms. The van der Waals surface area contributed by atoms with Crippen LogP contribution < -0.4 is 0 Å². The van der Waals surface area contributed by atoms with Crippen LogP contribution in [0.4, 0.5) is 0 Å². The quantitative estimate of drug-likeness (QED) is 0.695. The Morgan fingerprint density at radius 3 is 2.50 bits per heavy atom. The highest BCUT2D eigenvalue weighted by molar-refractivity contribution is 4.70. The Bertz CT molecular complexity index is 110. The molecular weight excluding hydrogens is 150 g/mol. The zero-order valence-corrected chi connectivity index (χ0v) is 8.13. The number of rotatable bonds is 4. The lowest BCUT2D eigenvalue weighted by molar-refractivity contribution is 0.156. The molecule has 0 radical (unpaired) electrons. The molecule has 0 saturated carbocycles. The van der Waals surface area contributed by atoms with Crippen molar-refractivity contribution in [2.45, 2.75) is 45.1 Å². The van der Waals surface area contributed by atoms with Gasteiger partial charge < -0.3 is 10.0 Å². The van der Waals surface area contributed by atoms with E-state index in [9.17, 15) is 0 Å². The largest absolute Gasteiger partial charge is 0.396 e. The molecule has 1 fully saturated rings. The normalized spacial score (nSPS) is 22.5. The first-order chi connectivity index (χ1) is 5.84. The third-order valence-corrected chi connectivity index (χ3v) is 2.79. The molecule has 0 aromatic heterocycles. The van der Waals surface area contributed by atoms with E-state index in [1.165, 1.54) is 32.4 Å². The first kappa shape index (κ1) is 10.0. The number of likely N-dealkylation sites (tertiary alicyclic amines) is 1. The van der Waals surface area contributed by atoms with Gasteiger partial charge in [-0.05, 0) is 45.7 Å². The molecule has 1 atom stereocenters. The zero-order chi connectivity index (χ0) is 8.81. The van der Waals surface area contributed by atoms with Gasteiger partial charge in [-0.3, -0.25) is 0 Å². The van der Waals surface area contributed by atoms with Gasteiger partial charge in [-0.1, -0.05) is 6.42 Å². The SMILES string of the molecule is CC(CCCO)N1CCCCC1. The Morgan fingerprint density at radius 2 is 1.92 bits per heavy atom. The van der Waals surface area contributed by atoms with Gasteiger partial charge in [0.05, 0.1) is 0 Å². The summed E-state index contributed by atoms with van der Waals surface area (Å²) in [6, 6.07) is 0.678. The molecule has 72 valence electrons. The van der Waals surface area contributed by atoms with Crippen LogP contribution in [0.3, 0.4) is 0 Å². The number of hydrogen-bond acceptors (Lipinski definition) is 2. The maximum Gasteiger partial charge on any atom is 0.0431 e. The van der Waals surface area contributed by atoms with Gasteiger partial charge in [0.1, 0.15) is 0 Å². The van der Waals surface area contributed by atoms with Crippen LogP contribution in [0, 0.1) is 0 Å². The molecule has 0 bridgehead atoms. The van der Waals surface area contributed by atoms with E-state index in [2.05, 4.69) is 11.8 Å². The van der Waals surface area contributed by atoms with Gasteiger partial charge in [-0.25, -0.2) is 0 Å². The van der Waals surface area contributed by atoms with Crippen molar-refractivity contribution in [3.8, 4) is 0 Å². The van der Waals surface area contributed by atoms with Crippen LogP contribution in [0.1, 0.15) is 39.0 Å². The summed E-state index contributed by atoms with van der Waals surface area (Å²) >= 11 is 0. The molecule has 1 rings (SSSR count). The highest BCUT2D eigenvalue weighted by atomic mass is 16.2. The minimum absolute atomic E-state index is 0.345. The van der Waals surface area contributed by atoms with E-state index in [4.69, 9.17) is 5.11 Å². The average molecular weight is 171 g/mol. The Morgan fingerprint density at radius 1 is 1.25 bits per heavy atom. The van der Waals surface area contributed by atoms with Crippen molar-refractivity contribution >= 4 is 0 Å². The van der Waals surface area contributed by atoms with Crippen LogP contribution in [0.2, 0.25) is 0 Å². The lowest BCUT2D eigenvalue weighted by Crippen LogP contribution is -2.37. The van der Waals surface area contributed by atoms with Gasteiger partial charge in [0, 0.05) is 12.6 Å². The number of aliphatic hydroxyl groups excluding tert-OH is 1. The zero-order valence-electron chi connectivity index (χ0n) is 8.13. The average Bonchev–Trinajstić information content (AvgIpc) is 2.15. The van der Waals surface area contributed by atoms with Crippen LogP contribution in [0.25, 0.3) is 0 Å². The van der Waals surface area contributed by atoms with Crippen molar-refractivity contribution in [3.63, 3.8) is 0 Å². The molecule has 2 heteroatoms. The summed E-state index contributed by atoms with van der Waals surface area (Å²) in [5.41, 5.74) is 0. The first-order valence-electron chi connectivity index (χ1n) is 5.19. The maximum atomic E-state index is 8.69.